The second-order valence-electron chi connectivity index (χ2n) is 1.12. The van der Waals surface area contributed by atoms with Gasteiger partial charge in [-0.1, -0.05) is 0 Å². The fraction of sp³-hybridized carbons (Fsp3) is 0. The van der Waals surface area contributed by atoms with E-state index >= 15 is 0 Å². The first kappa shape index (κ1) is 2.96. The van der Waals surface area contributed by atoms with E-state index < -0.39 is 0 Å². The third-order valence-electron chi connectivity index (χ3n) is 0.543. The van der Waals surface area contributed by atoms with Gasteiger partial charge in [0.25, 0.3) is 0 Å². The first-order valence-electron chi connectivity index (χ1n) is 2.33. The van der Waals surface area contributed by atoms with Gasteiger partial charge in [-0.15, -0.1) is 0 Å². The van der Waals surface area contributed by atoms with Gasteiger partial charge in [-0.25, -0.2) is 9.97 Å². The zero-order chi connectivity index (χ0) is 5.98. The van der Waals surface area contributed by atoms with Crippen molar-refractivity contribution in [2.24, 2.45) is 0 Å². The van der Waals surface area contributed by atoms with Crippen LogP contribution in [0.4, 0.5) is 5.69 Å². The van der Waals surface area contributed by atoms with Crippen LogP contribution in [-0.2, 0) is 0 Å². The molecular weight excluding hydrogens is 90.1 g/mol. The first-order valence-corrected chi connectivity index (χ1v) is 1.83. The molecule has 0 aliphatic heterocycles. The summed E-state index contributed by atoms with van der Waals surface area (Å²) in [5.74, 6) is 0. The van der Waals surface area contributed by atoms with E-state index in [1.165, 1.54) is 12.4 Å². The van der Waals surface area contributed by atoms with Gasteiger partial charge in [0.1, 0.15) is 7.67 Å². The predicted molar refractivity (Wildman–Crippen MR) is 26.4 cm³/mol. The molecule has 0 saturated heterocycles. The SMILES string of the molecule is [2H]c1ncc(N)cn1. The zero-order valence-corrected chi connectivity index (χ0v) is 3.63. The van der Waals surface area contributed by atoms with Crippen LogP contribution >= 0.6 is 0 Å². The highest BCUT2D eigenvalue weighted by molar-refractivity contribution is 5.28. The van der Waals surface area contributed by atoms with Crippen molar-refractivity contribution in [3.05, 3.63) is 18.7 Å². The average Bonchev–Trinajstić information content (AvgIpc) is 1.77. The highest BCUT2D eigenvalue weighted by Gasteiger charge is 1.74. The van der Waals surface area contributed by atoms with Gasteiger partial charge in [-0.3, -0.25) is 0 Å². The van der Waals surface area contributed by atoms with Crippen LogP contribution in [0.25, 0.3) is 0 Å². The van der Waals surface area contributed by atoms with Crippen LogP contribution < -0.4 is 5.73 Å². The second-order valence-corrected chi connectivity index (χ2v) is 1.12. The van der Waals surface area contributed by atoms with E-state index in [9.17, 15) is 0 Å². The fourth-order valence-corrected chi connectivity index (χ4v) is 0.273. The number of nitrogen functional groups attached to an aromatic ring is 1. The Kier molecular flexibility index (Phi) is 0.656. The topological polar surface area (TPSA) is 51.8 Å². The van der Waals surface area contributed by atoms with Crippen LogP contribution in [0.5, 0.6) is 0 Å². The Hall–Kier alpha value is -1.12. The minimum absolute atomic E-state index is 0.000741. The Morgan fingerprint density at radius 1 is 1.57 bits per heavy atom. The van der Waals surface area contributed by atoms with E-state index in [1.807, 2.05) is 0 Å². The molecule has 0 amide bonds. The maximum atomic E-state index is 6.81. The molecule has 1 rings (SSSR count). The zero-order valence-electron chi connectivity index (χ0n) is 4.63. The monoisotopic (exact) mass is 96.1 g/mol. The van der Waals surface area contributed by atoms with Gasteiger partial charge in [0.15, 0.2) is 0 Å². The van der Waals surface area contributed by atoms with Crippen molar-refractivity contribution in [3.8, 4) is 0 Å². The third kappa shape index (κ3) is 0.855. The van der Waals surface area contributed by atoms with Gasteiger partial charge in [-0.2, -0.15) is 0 Å². The summed E-state index contributed by atoms with van der Waals surface area (Å²) in [5, 5.41) is 0. The van der Waals surface area contributed by atoms with Crippen molar-refractivity contribution in [1.82, 2.24) is 9.97 Å². The maximum Gasteiger partial charge on any atom is 0.115 e. The molecule has 0 aliphatic rings. The summed E-state index contributed by atoms with van der Waals surface area (Å²) in [4.78, 5) is 7.02. The average molecular weight is 96.1 g/mol. The van der Waals surface area contributed by atoms with E-state index in [4.69, 9.17) is 7.10 Å². The van der Waals surface area contributed by atoms with E-state index in [1.54, 1.807) is 0 Å². The van der Waals surface area contributed by atoms with Crippen LogP contribution in [0, 0.1) is 0 Å². The molecule has 0 bridgehead atoms. The minimum Gasteiger partial charge on any atom is -0.396 e. The van der Waals surface area contributed by atoms with Crippen LogP contribution in [0.1, 0.15) is 1.37 Å². The molecule has 1 aromatic rings. The molecule has 0 spiro atoms. The fourth-order valence-electron chi connectivity index (χ4n) is 0.273. The molecule has 3 nitrogen and oxygen atoms in total. The smallest absolute Gasteiger partial charge is 0.115 e. The highest BCUT2D eigenvalue weighted by Crippen LogP contribution is 1.88. The lowest BCUT2D eigenvalue weighted by atomic mass is 10.6. The Morgan fingerprint density at radius 3 is 2.57 bits per heavy atom. The molecule has 0 aliphatic carbocycles. The summed E-state index contributed by atoms with van der Waals surface area (Å²) in [6.45, 7) is 0. The number of hydrogen-bond donors (Lipinski definition) is 1. The number of rotatable bonds is 0. The predicted octanol–water partition coefficient (Wildman–Crippen LogP) is 0.0588. The van der Waals surface area contributed by atoms with Crippen molar-refractivity contribution in [3.63, 3.8) is 0 Å². The number of nitrogens with two attached hydrogens (primary N) is 1. The van der Waals surface area contributed by atoms with Crippen LogP contribution in [0.3, 0.4) is 0 Å². The lowest BCUT2D eigenvalue weighted by Gasteiger charge is -1.82. The summed E-state index contributed by atoms with van der Waals surface area (Å²) in [6.07, 6.45) is 2.80. The normalized spacial score (nSPS) is 10.6. The highest BCUT2D eigenvalue weighted by atomic mass is 14.8. The lowest BCUT2D eigenvalue weighted by molar-refractivity contribution is 1.17. The Labute approximate surface area is 42.6 Å². The van der Waals surface area contributed by atoms with Gasteiger partial charge in [0, 0.05) is 0 Å². The van der Waals surface area contributed by atoms with Crippen molar-refractivity contribution < 1.29 is 1.37 Å². The molecule has 0 radical (unpaired) electrons. The Bertz CT molecular complexity index is 150. The van der Waals surface area contributed by atoms with E-state index in [-0.39, 0.29) is 6.30 Å². The number of anilines is 1. The number of hydrogen-bond acceptors (Lipinski definition) is 3. The van der Waals surface area contributed by atoms with Crippen LogP contribution in [0.2, 0.25) is 0 Å². The summed E-state index contributed by atoms with van der Waals surface area (Å²) < 4.78 is 6.81. The van der Waals surface area contributed by atoms with E-state index in [0.29, 0.717) is 5.69 Å². The molecule has 36 valence electrons. The summed E-state index contributed by atoms with van der Waals surface area (Å²) >= 11 is 0. The van der Waals surface area contributed by atoms with Crippen molar-refractivity contribution in [2.75, 3.05) is 5.73 Å². The summed E-state index contributed by atoms with van der Waals surface area (Å²) in [6, 6.07) is 0. The maximum absolute atomic E-state index is 6.81. The van der Waals surface area contributed by atoms with Gasteiger partial charge >= 0.3 is 0 Å². The molecule has 0 fully saturated rings. The number of aromatic nitrogens is 2. The van der Waals surface area contributed by atoms with Crippen molar-refractivity contribution in [1.29, 1.82) is 0 Å². The Balaban J connectivity index is 3.03. The second kappa shape index (κ2) is 1.55. The molecular formula is C4H5N3. The Morgan fingerprint density at radius 2 is 2.14 bits per heavy atom. The molecule has 1 aromatic heterocycles. The molecule has 0 saturated carbocycles. The quantitative estimate of drug-likeness (QED) is 0.496. The third-order valence-corrected chi connectivity index (χ3v) is 0.543. The minimum atomic E-state index is -0.000741. The molecule has 2 N–H and O–H groups in total. The van der Waals surface area contributed by atoms with Gasteiger partial charge in [0.2, 0.25) is 0 Å². The van der Waals surface area contributed by atoms with E-state index in [2.05, 4.69) is 9.97 Å². The molecule has 1 heterocycles. The molecule has 0 atom stereocenters. The molecule has 7 heavy (non-hydrogen) atoms. The molecule has 0 unspecified atom stereocenters. The van der Waals surface area contributed by atoms with E-state index in [0.717, 1.165) is 0 Å². The van der Waals surface area contributed by atoms with Crippen LogP contribution in [0.15, 0.2) is 18.7 Å². The van der Waals surface area contributed by atoms with Gasteiger partial charge in [0.05, 0.1) is 18.1 Å². The largest absolute Gasteiger partial charge is 0.396 e. The van der Waals surface area contributed by atoms with Gasteiger partial charge in [-0.05, 0) is 0 Å². The van der Waals surface area contributed by atoms with Crippen molar-refractivity contribution in [2.45, 2.75) is 0 Å². The van der Waals surface area contributed by atoms with Gasteiger partial charge < -0.3 is 5.73 Å². The first-order chi connectivity index (χ1) is 3.79. The molecule has 0 aromatic carbocycles. The summed E-state index contributed by atoms with van der Waals surface area (Å²) in [5.41, 5.74) is 5.71. The summed E-state index contributed by atoms with van der Waals surface area (Å²) in [7, 11) is 0. The van der Waals surface area contributed by atoms with Crippen molar-refractivity contribution >= 4 is 5.69 Å². The molecule has 3 heteroatoms. The number of nitrogens with zero attached hydrogens (tertiary/aromatic N) is 2. The lowest BCUT2D eigenvalue weighted by Crippen LogP contribution is -1.85. The standard InChI is InChI=1S/C4H5N3/c5-4-1-6-3-7-2-4/h1-3H,5H2/i3D. The van der Waals surface area contributed by atoms with Crippen LogP contribution in [-0.4, -0.2) is 9.97 Å².